The zero-order chi connectivity index (χ0) is 14.4. The van der Waals surface area contributed by atoms with Crippen LogP contribution in [0.1, 0.15) is 43.6 Å². The molecule has 0 atom stereocenters. The molecule has 0 unspecified atom stereocenters. The van der Waals surface area contributed by atoms with E-state index in [0.717, 1.165) is 11.1 Å². The number of benzene rings is 2. The maximum Gasteiger partial charge on any atom is 0.197 e. The molecule has 0 radical (unpaired) electrons. The van der Waals surface area contributed by atoms with Gasteiger partial charge < -0.3 is 5.11 Å². The van der Waals surface area contributed by atoms with Crippen LogP contribution in [0.3, 0.4) is 0 Å². The number of carbonyl (C=O) groups excluding carboxylic acids is 1. The van der Waals surface area contributed by atoms with Crippen LogP contribution in [0, 0.1) is 0 Å². The molecule has 0 amide bonds. The Morgan fingerprint density at radius 3 is 1.89 bits per heavy atom. The van der Waals surface area contributed by atoms with Crippen LogP contribution in [0.15, 0.2) is 42.5 Å². The Morgan fingerprint density at radius 2 is 1.26 bits per heavy atom. The van der Waals surface area contributed by atoms with Gasteiger partial charge in [0.05, 0.1) is 5.56 Å². The van der Waals surface area contributed by atoms with Gasteiger partial charge in [0.15, 0.2) is 5.78 Å². The van der Waals surface area contributed by atoms with E-state index in [-0.39, 0.29) is 11.5 Å². The summed E-state index contributed by atoms with van der Waals surface area (Å²) in [5, 5.41) is 9.65. The summed E-state index contributed by atoms with van der Waals surface area (Å²) in [5.41, 5.74) is 2.84. The molecular weight excluding hydrogens is 236 g/mol. The number of carbonyl (C=O) groups is 1. The molecule has 0 saturated carbocycles. The molecule has 3 rings (SSSR count). The second-order valence-electron chi connectivity index (χ2n) is 3.57. The third-order valence-electron chi connectivity index (χ3n) is 2.73. The van der Waals surface area contributed by atoms with Crippen LogP contribution in [-0.4, -0.2) is 10.9 Å². The molecule has 0 aliphatic heterocycles. The van der Waals surface area contributed by atoms with E-state index in [2.05, 4.69) is 0 Å². The van der Waals surface area contributed by atoms with Crippen molar-refractivity contribution in [1.29, 1.82) is 0 Å². The highest BCUT2D eigenvalue weighted by atomic mass is 16.3. The first-order valence-corrected chi connectivity index (χ1v) is 6.75. The number of aromatic hydroxyl groups is 1. The first-order valence-electron chi connectivity index (χ1n) is 6.75. The van der Waals surface area contributed by atoms with Crippen molar-refractivity contribution in [3.63, 3.8) is 0 Å². The zero-order valence-corrected chi connectivity index (χ0v) is 11.9. The third-order valence-corrected chi connectivity index (χ3v) is 2.73. The van der Waals surface area contributed by atoms with Crippen LogP contribution >= 0.6 is 0 Å². The minimum Gasteiger partial charge on any atom is -0.507 e. The summed E-state index contributed by atoms with van der Waals surface area (Å²) in [6.07, 6.45) is 0. The van der Waals surface area contributed by atoms with Gasteiger partial charge in [0.2, 0.25) is 0 Å². The zero-order valence-electron chi connectivity index (χ0n) is 11.9. The first kappa shape index (κ1) is 15.0. The van der Waals surface area contributed by atoms with Crippen molar-refractivity contribution in [1.82, 2.24) is 0 Å². The molecule has 1 N–H and O–H groups in total. The maximum absolute atomic E-state index is 11.9. The molecule has 0 heterocycles. The lowest BCUT2D eigenvalue weighted by Gasteiger charge is -1.99. The van der Waals surface area contributed by atoms with Crippen LogP contribution in [0.4, 0.5) is 0 Å². The van der Waals surface area contributed by atoms with Crippen LogP contribution in [0.5, 0.6) is 5.75 Å². The van der Waals surface area contributed by atoms with Crippen LogP contribution in [-0.2, 0) is 0 Å². The van der Waals surface area contributed by atoms with E-state index in [1.165, 1.54) is 0 Å². The van der Waals surface area contributed by atoms with E-state index in [1.807, 2.05) is 52.0 Å². The van der Waals surface area contributed by atoms with Gasteiger partial charge in [-0.15, -0.1) is 0 Å². The molecule has 2 heteroatoms. The standard InChI is InChI=1S/C13H8O2.2C2H6/c14-11-7-3-6-9-8-4-1-2-5-10(8)13(15)12(9)11;2*1-2/h1-7,14H;2*1-2H3. The van der Waals surface area contributed by atoms with Crippen LogP contribution < -0.4 is 0 Å². The lowest BCUT2D eigenvalue weighted by atomic mass is 10.1. The fourth-order valence-corrected chi connectivity index (χ4v) is 2.05. The highest BCUT2D eigenvalue weighted by Gasteiger charge is 2.28. The van der Waals surface area contributed by atoms with Crippen molar-refractivity contribution in [2.24, 2.45) is 0 Å². The monoisotopic (exact) mass is 256 g/mol. The Labute approximate surface area is 114 Å². The van der Waals surface area contributed by atoms with E-state index in [4.69, 9.17) is 0 Å². The van der Waals surface area contributed by atoms with Gasteiger partial charge in [-0.2, -0.15) is 0 Å². The van der Waals surface area contributed by atoms with Crippen molar-refractivity contribution < 1.29 is 9.90 Å². The fraction of sp³-hybridized carbons (Fsp3) is 0.235. The molecular formula is C17H20O2. The summed E-state index contributed by atoms with van der Waals surface area (Å²) >= 11 is 0. The Morgan fingerprint density at radius 1 is 0.737 bits per heavy atom. The second kappa shape index (κ2) is 6.74. The van der Waals surface area contributed by atoms with Gasteiger partial charge in [-0.05, 0) is 17.2 Å². The summed E-state index contributed by atoms with van der Waals surface area (Å²) in [7, 11) is 0. The van der Waals surface area contributed by atoms with Crippen molar-refractivity contribution in [2.75, 3.05) is 0 Å². The van der Waals surface area contributed by atoms with Gasteiger partial charge in [0, 0.05) is 5.56 Å². The predicted octanol–water partition coefficient (Wildman–Crippen LogP) is 4.66. The van der Waals surface area contributed by atoms with E-state index in [0.29, 0.717) is 11.1 Å². The summed E-state index contributed by atoms with van der Waals surface area (Å²) in [5.74, 6) is -0.0209. The minimum atomic E-state index is -0.0845. The van der Waals surface area contributed by atoms with Gasteiger partial charge in [0.1, 0.15) is 5.75 Å². The second-order valence-corrected chi connectivity index (χ2v) is 3.57. The lowest BCUT2D eigenvalue weighted by molar-refractivity contribution is 0.104. The molecule has 0 spiro atoms. The van der Waals surface area contributed by atoms with Gasteiger partial charge in [0.25, 0.3) is 0 Å². The molecule has 100 valence electrons. The van der Waals surface area contributed by atoms with Gasteiger partial charge in [-0.25, -0.2) is 0 Å². The molecule has 2 nitrogen and oxygen atoms in total. The average molecular weight is 256 g/mol. The SMILES string of the molecule is CC.CC.O=C1c2ccccc2-c2cccc(O)c21. The van der Waals surface area contributed by atoms with E-state index < -0.39 is 0 Å². The molecule has 0 fully saturated rings. The third kappa shape index (κ3) is 2.53. The van der Waals surface area contributed by atoms with E-state index in [9.17, 15) is 9.90 Å². The Kier molecular flexibility index (Phi) is 5.31. The molecule has 1 aliphatic rings. The first-order chi connectivity index (χ1) is 9.29. The summed E-state index contributed by atoms with van der Waals surface area (Å²) in [4.78, 5) is 11.9. The number of fused-ring (bicyclic) bond motifs is 3. The van der Waals surface area contributed by atoms with Gasteiger partial charge >= 0.3 is 0 Å². The predicted molar refractivity (Wildman–Crippen MR) is 79.7 cm³/mol. The molecule has 0 bridgehead atoms. The molecule has 1 aliphatic carbocycles. The van der Waals surface area contributed by atoms with Crippen LogP contribution in [0.25, 0.3) is 11.1 Å². The lowest BCUT2D eigenvalue weighted by Crippen LogP contribution is -1.94. The number of phenolic OH excluding ortho intramolecular Hbond substituents is 1. The normalized spacial score (nSPS) is 10.4. The molecule has 0 aromatic heterocycles. The summed E-state index contributed by atoms with van der Waals surface area (Å²) in [6.45, 7) is 8.00. The van der Waals surface area contributed by atoms with Crippen molar-refractivity contribution >= 4 is 5.78 Å². The molecule has 19 heavy (non-hydrogen) atoms. The number of phenols is 1. The molecule has 2 aromatic carbocycles. The number of hydrogen-bond acceptors (Lipinski definition) is 2. The van der Waals surface area contributed by atoms with E-state index >= 15 is 0 Å². The molecule has 2 aromatic rings. The van der Waals surface area contributed by atoms with Crippen molar-refractivity contribution in [2.45, 2.75) is 27.7 Å². The Balaban J connectivity index is 0.000000415. The average Bonchev–Trinajstić information content (AvgIpc) is 2.79. The largest absolute Gasteiger partial charge is 0.507 e. The topological polar surface area (TPSA) is 37.3 Å². The highest BCUT2D eigenvalue weighted by molar-refractivity contribution is 6.23. The van der Waals surface area contributed by atoms with Gasteiger partial charge in [-0.1, -0.05) is 64.1 Å². The highest BCUT2D eigenvalue weighted by Crippen LogP contribution is 2.40. The quantitative estimate of drug-likeness (QED) is 0.635. The fourth-order valence-electron chi connectivity index (χ4n) is 2.05. The van der Waals surface area contributed by atoms with Crippen molar-refractivity contribution in [3.05, 3.63) is 53.6 Å². The van der Waals surface area contributed by atoms with Gasteiger partial charge in [-0.3, -0.25) is 4.79 Å². The molecule has 0 saturated heterocycles. The number of hydrogen-bond donors (Lipinski definition) is 1. The van der Waals surface area contributed by atoms with E-state index in [1.54, 1.807) is 18.2 Å². The minimum absolute atomic E-state index is 0.0636. The number of rotatable bonds is 0. The Hall–Kier alpha value is -2.09. The Bertz CT molecular complexity index is 571. The maximum atomic E-state index is 11.9. The smallest absolute Gasteiger partial charge is 0.197 e. The van der Waals surface area contributed by atoms with Crippen molar-refractivity contribution in [3.8, 4) is 16.9 Å². The summed E-state index contributed by atoms with van der Waals surface area (Å²) < 4.78 is 0. The summed E-state index contributed by atoms with van der Waals surface area (Å²) in [6, 6.07) is 12.6. The number of ketones is 1. The van der Waals surface area contributed by atoms with Crippen LogP contribution in [0.2, 0.25) is 0 Å².